The number of fused-ring (bicyclic) bond motifs is 1. The Balaban J connectivity index is 2.31. The topological polar surface area (TPSA) is 29.5 Å². The van der Waals surface area contributed by atoms with E-state index in [1.807, 2.05) is 18.2 Å². The number of amides is 1. The van der Waals surface area contributed by atoms with Crippen molar-refractivity contribution in [2.75, 3.05) is 23.4 Å². The zero-order valence-corrected chi connectivity index (χ0v) is 11.8. The molecule has 0 aromatic heterocycles. The van der Waals surface area contributed by atoms with Gasteiger partial charge in [0.15, 0.2) is 6.61 Å². The molecule has 5 heteroatoms. The summed E-state index contributed by atoms with van der Waals surface area (Å²) in [5.74, 6) is 0.795. The number of carbonyl (C=O) groups is 1. The molecule has 0 spiro atoms. The Morgan fingerprint density at radius 1 is 1.44 bits per heavy atom. The summed E-state index contributed by atoms with van der Waals surface area (Å²) >= 11 is 6.78. The maximum atomic E-state index is 11.7. The van der Waals surface area contributed by atoms with Crippen molar-refractivity contribution in [3.63, 3.8) is 0 Å². The van der Waals surface area contributed by atoms with Crippen LogP contribution in [0.2, 0.25) is 0 Å². The minimum Gasteiger partial charge on any atom is -0.482 e. The first-order chi connectivity index (χ1) is 7.72. The van der Waals surface area contributed by atoms with Gasteiger partial charge in [0, 0.05) is 16.3 Å². The second-order valence-electron chi connectivity index (χ2n) is 3.49. The van der Waals surface area contributed by atoms with Crippen LogP contribution in [0.1, 0.15) is 6.42 Å². The van der Waals surface area contributed by atoms with Gasteiger partial charge in [-0.15, -0.1) is 0 Å². The van der Waals surface area contributed by atoms with Crippen molar-refractivity contribution < 1.29 is 9.53 Å². The average Bonchev–Trinajstić information content (AvgIpc) is 2.28. The molecule has 1 aromatic carbocycles. The molecular formula is C11H11Br2NO2. The van der Waals surface area contributed by atoms with Crippen LogP contribution in [0.3, 0.4) is 0 Å². The van der Waals surface area contributed by atoms with Gasteiger partial charge in [-0.1, -0.05) is 31.9 Å². The highest BCUT2D eigenvalue weighted by Crippen LogP contribution is 2.34. The number of hydrogen-bond donors (Lipinski definition) is 0. The second kappa shape index (κ2) is 5.19. The predicted octanol–water partition coefficient (Wildman–Crippen LogP) is 2.96. The summed E-state index contributed by atoms with van der Waals surface area (Å²) in [4.78, 5) is 13.5. The van der Waals surface area contributed by atoms with Gasteiger partial charge < -0.3 is 9.64 Å². The number of carbonyl (C=O) groups excluding carboxylic acids is 1. The van der Waals surface area contributed by atoms with Crippen molar-refractivity contribution in [3.8, 4) is 5.75 Å². The Labute approximate surface area is 111 Å². The summed E-state index contributed by atoms with van der Waals surface area (Å²) in [6, 6.07) is 5.71. The molecule has 0 bridgehead atoms. The van der Waals surface area contributed by atoms with Crippen molar-refractivity contribution in [3.05, 3.63) is 22.7 Å². The third-order valence-corrected chi connectivity index (χ3v) is 3.43. The zero-order chi connectivity index (χ0) is 11.5. The molecule has 0 unspecified atom stereocenters. The van der Waals surface area contributed by atoms with Crippen molar-refractivity contribution >= 4 is 43.5 Å². The number of benzene rings is 1. The third-order valence-electron chi connectivity index (χ3n) is 2.38. The zero-order valence-electron chi connectivity index (χ0n) is 8.58. The molecule has 0 saturated carbocycles. The quantitative estimate of drug-likeness (QED) is 0.786. The van der Waals surface area contributed by atoms with E-state index in [2.05, 4.69) is 31.9 Å². The van der Waals surface area contributed by atoms with Gasteiger partial charge in [-0.25, -0.2) is 0 Å². The first-order valence-corrected chi connectivity index (χ1v) is 6.92. The van der Waals surface area contributed by atoms with Crippen LogP contribution in [0, 0.1) is 0 Å². The summed E-state index contributed by atoms with van der Waals surface area (Å²) < 4.78 is 6.33. The summed E-state index contributed by atoms with van der Waals surface area (Å²) in [5.41, 5.74) is 0.853. The molecule has 0 fully saturated rings. The Kier molecular flexibility index (Phi) is 3.86. The Morgan fingerprint density at radius 3 is 3.00 bits per heavy atom. The number of rotatable bonds is 3. The monoisotopic (exact) mass is 347 g/mol. The maximum absolute atomic E-state index is 11.7. The van der Waals surface area contributed by atoms with Gasteiger partial charge >= 0.3 is 0 Å². The fraction of sp³-hybridized carbons (Fsp3) is 0.364. The molecule has 1 heterocycles. The molecule has 16 heavy (non-hydrogen) atoms. The molecule has 1 amide bonds. The van der Waals surface area contributed by atoms with Gasteiger partial charge in [-0.05, 0) is 24.6 Å². The number of hydrogen-bond acceptors (Lipinski definition) is 2. The van der Waals surface area contributed by atoms with Gasteiger partial charge in [0.2, 0.25) is 0 Å². The molecule has 0 N–H and O–H groups in total. The highest BCUT2D eigenvalue weighted by Gasteiger charge is 2.24. The van der Waals surface area contributed by atoms with Crippen LogP contribution in [0.5, 0.6) is 5.75 Å². The van der Waals surface area contributed by atoms with Gasteiger partial charge in [0.05, 0.1) is 5.69 Å². The van der Waals surface area contributed by atoms with Gasteiger partial charge in [-0.2, -0.15) is 0 Å². The second-order valence-corrected chi connectivity index (χ2v) is 5.20. The van der Waals surface area contributed by atoms with E-state index in [0.29, 0.717) is 0 Å². The standard InChI is InChI=1S/C11H11Br2NO2/c12-4-1-5-14-9-6-8(13)2-3-10(9)16-7-11(14)15/h2-3,6H,1,4-5,7H2. The van der Waals surface area contributed by atoms with Crippen LogP contribution in [0.4, 0.5) is 5.69 Å². The SMILES string of the molecule is O=C1COc2ccc(Br)cc2N1CCCBr. The number of halogens is 2. The van der Waals surface area contributed by atoms with Crippen LogP contribution in [0.25, 0.3) is 0 Å². The number of anilines is 1. The molecular weight excluding hydrogens is 338 g/mol. The molecule has 0 radical (unpaired) electrons. The largest absolute Gasteiger partial charge is 0.482 e. The van der Waals surface area contributed by atoms with E-state index in [-0.39, 0.29) is 12.5 Å². The van der Waals surface area contributed by atoms with Crippen molar-refractivity contribution in [1.29, 1.82) is 0 Å². The first-order valence-electron chi connectivity index (χ1n) is 5.01. The van der Waals surface area contributed by atoms with Crippen LogP contribution in [-0.4, -0.2) is 24.4 Å². The Bertz CT molecular complexity index is 409. The highest BCUT2D eigenvalue weighted by molar-refractivity contribution is 9.10. The third kappa shape index (κ3) is 2.40. The number of nitrogens with zero attached hydrogens (tertiary/aromatic N) is 1. The fourth-order valence-electron chi connectivity index (χ4n) is 1.64. The molecule has 1 aliphatic heterocycles. The van der Waals surface area contributed by atoms with Crippen molar-refractivity contribution in [2.45, 2.75) is 6.42 Å². The Morgan fingerprint density at radius 2 is 2.25 bits per heavy atom. The van der Waals surface area contributed by atoms with E-state index in [4.69, 9.17) is 4.74 Å². The molecule has 1 aliphatic rings. The lowest BCUT2D eigenvalue weighted by Crippen LogP contribution is -2.39. The molecule has 0 aliphatic carbocycles. The van der Waals surface area contributed by atoms with Gasteiger partial charge in [-0.3, -0.25) is 4.79 Å². The number of alkyl halides is 1. The lowest BCUT2D eigenvalue weighted by Gasteiger charge is -2.29. The van der Waals surface area contributed by atoms with Crippen LogP contribution < -0.4 is 9.64 Å². The van der Waals surface area contributed by atoms with E-state index in [1.165, 1.54) is 0 Å². The minimum absolute atomic E-state index is 0.0200. The summed E-state index contributed by atoms with van der Waals surface area (Å²) in [7, 11) is 0. The molecule has 0 atom stereocenters. The first kappa shape index (κ1) is 11.9. The maximum Gasteiger partial charge on any atom is 0.265 e. The minimum atomic E-state index is 0.0200. The van der Waals surface area contributed by atoms with E-state index in [9.17, 15) is 4.79 Å². The molecule has 1 aromatic rings. The van der Waals surface area contributed by atoms with Crippen LogP contribution in [-0.2, 0) is 4.79 Å². The van der Waals surface area contributed by atoms with E-state index in [1.54, 1.807) is 4.90 Å². The molecule has 0 saturated heterocycles. The lowest BCUT2D eigenvalue weighted by molar-refractivity contribution is -0.121. The van der Waals surface area contributed by atoms with Crippen LogP contribution in [0.15, 0.2) is 22.7 Å². The predicted molar refractivity (Wildman–Crippen MR) is 70.4 cm³/mol. The summed E-state index contributed by atoms with van der Waals surface area (Å²) in [5, 5.41) is 0.890. The Hall–Kier alpha value is -0.550. The van der Waals surface area contributed by atoms with E-state index < -0.39 is 0 Å². The highest BCUT2D eigenvalue weighted by atomic mass is 79.9. The van der Waals surface area contributed by atoms with Gasteiger partial charge in [0.25, 0.3) is 5.91 Å². The average molecular weight is 349 g/mol. The molecule has 3 nitrogen and oxygen atoms in total. The van der Waals surface area contributed by atoms with E-state index >= 15 is 0 Å². The fourth-order valence-corrected chi connectivity index (χ4v) is 2.24. The van der Waals surface area contributed by atoms with Gasteiger partial charge in [0.1, 0.15) is 5.75 Å². The summed E-state index contributed by atoms with van der Waals surface area (Å²) in [6.45, 7) is 0.855. The smallest absolute Gasteiger partial charge is 0.265 e. The lowest BCUT2D eigenvalue weighted by atomic mass is 10.2. The normalized spacial score (nSPS) is 14.6. The van der Waals surface area contributed by atoms with E-state index in [0.717, 1.165) is 34.2 Å². The van der Waals surface area contributed by atoms with Crippen molar-refractivity contribution in [1.82, 2.24) is 0 Å². The van der Waals surface area contributed by atoms with Crippen molar-refractivity contribution in [2.24, 2.45) is 0 Å². The summed E-state index contributed by atoms with van der Waals surface area (Å²) in [6.07, 6.45) is 0.928. The van der Waals surface area contributed by atoms with Crippen LogP contribution >= 0.6 is 31.9 Å². The molecule has 86 valence electrons. The number of ether oxygens (including phenoxy) is 1. The molecule has 2 rings (SSSR count).